The highest BCUT2D eigenvalue weighted by atomic mass is 16.6. The number of rotatable bonds is 4. The highest BCUT2D eigenvalue weighted by molar-refractivity contribution is 5.98. The lowest BCUT2D eigenvalue weighted by Gasteiger charge is -2.29. The third kappa shape index (κ3) is 3.57. The van der Waals surface area contributed by atoms with Crippen molar-refractivity contribution >= 4 is 28.6 Å². The van der Waals surface area contributed by atoms with Crippen LogP contribution in [0.25, 0.3) is 21.9 Å². The summed E-state index contributed by atoms with van der Waals surface area (Å²) in [6.45, 7) is 3.50. The Morgan fingerprint density at radius 3 is 2.88 bits per heavy atom. The van der Waals surface area contributed by atoms with E-state index in [-0.39, 0.29) is 18.6 Å². The van der Waals surface area contributed by atoms with Gasteiger partial charge in [-0.2, -0.15) is 5.10 Å². The van der Waals surface area contributed by atoms with Crippen LogP contribution in [0.4, 0.5) is 10.6 Å². The summed E-state index contributed by atoms with van der Waals surface area (Å²) in [5.74, 6) is 0.731. The first-order valence-electron chi connectivity index (χ1n) is 11.2. The maximum absolute atomic E-state index is 12.5. The Bertz CT molecular complexity index is 1330. The zero-order valence-electron chi connectivity index (χ0n) is 18.2. The second-order valence-corrected chi connectivity index (χ2v) is 8.77. The van der Waals surface area contributed by atoms with Crippen molar-refractivity contribution in [3.05, 3.63) is 65.6 Å². The lowest BCUT2D eigenvalue weighted by Crippen LogP contribution is -2.38. The Morgan fingerprint density at radius 1 is 1.15 bits per heavy atom. The molecule has 0 spiro atoms. The van der Waals surface area contributed by atoms with E-state index in [0.717, 1.165) is 51.8 Å². The molecule has 2 amide bonds. The van der Waals surface area contributed by atoms with E-state index < -0.39 is 0 Å². The van der Waals surface area contributed by atoms with Gasteiger partial charge in [-0.05, 0) is 60.7 Å². The van der Waals surface area contributed by atoms with Crippen molar-refractivity contribution in [3.63, 3.8) is 0 Å². The van der Waals surface area contributed by atoms with Gasteiger partial charge in [0.25, 0.3) is 5.91 Å². The van der Waals surface area contributed by atoms with Crippen LogP contribution >= 0.6 is 0 Å². The predicted molar refractivity (Wildman–Crippen MR) is 124 cm³/mol. The molecular weight excluding hydrogens is 418 g/mol. The molecule has 1 saturated carbocycles. The number of carbonyl (C=O) groups is 2. The summed E-state index contributed by atoms with van der Waals surface area (Å²) in [7, 11) is 0. The van der Waals surface area contributed by atoms with Crippen molar-refractivity contribution in [2.24, 2.45) is 0 Å². The number of cyclic esters (lactones) is 1. The molecular formula is C25H23N5O3. The first-order chi connectivity index (χ1) is 16.1. The molecule has 0 atom stereocenters. The number of fused-ring (bicyclic) bond motifs is 2. The average molecular weight is 441 g/mol. The lowest BCUT2D eigenvalue weighted by molar-refractivity contribution is 0.0951. The first-order valence-corrected chi connectivity index (χ1v) is 11.2. The number of aryl methyl sites for hydroxylation is 1. The smallest absolute Gasteiger partial charge is 0.414 e. The standard InChI is InChI=1S/C25H23N5O3/c1-15-2-3-17(24(31)27-19-5-6-19)11-22(15)16-4-7-21-18(10-16)12-26-28-23(21)29-8-9-30-20(13-29)14-33-25(30)32/h2-4,7,10-13,19H,5-6,8-9,14H2,1H3,(H,27,31). The van der Waals surface area contributed by atoms with Crippen molar-refractivity contribution in [1.82, 2.24) is 20.4 Å². The third-order valence-electron chi connectivity index (χ3n) is 6.42. The van der Waals surface area contributed by atoms with Crippen LogP contribution in [0.15, 0.2) is 54.5 Å². The Morgan fingerprint density at radius 2 is 2.03 bits per heavy atom. The van der Waals surface area contributed by atoms with Crippen molar-refractivity contribution in [3.8, 4) is 11.1 Å². The van der Waals surface area contributed by atoms with Crippen molar-refractivity contribution < 1.29 is 14.3 Å². The van der Waals surface area contributed by atoms with Gasteiger partial charge < -0.3 is 15.0 Å². The molecule has 1 aromatic heterocycles. The molecule has 0 radical (unpaired) electrons. The molecule has 2 aromatic carbocycles. The Hall–Kier alpha value is -3.94. The van der Waals surface area contributed by atoms with E-state index in [1.54, 1.807) is 11.1 Å². The number of amides is 2. The van der Waals surface area contributed by atoms with E-state index in [0.29, 0.717) is 24.7 Å². The second kappa shape index (κ2) is 7.58. The minimum absolute atomic E-state index is 0.0192. The van der Waals surface area contributed by atoms with Gasteiger partial charge in [0.15, 0.2) is 5.82 Å². The molecule has 2 aliphatic heterocycles. The van der Waals surface area contributed by atoms with Gasteiger partial charge in [0, 0.05) is 41.7 Å². The summed E-state index contributed by atoms with van der Waals surface area (Å²) >= 11 is 0. The summed E-state index contributed by atoms with van der Waals surface area (Å²) in [5, 5.41) is 13.6. The van der Waals surface area contributed by atoms with E-state index in [1.165, 1.54) is 0 Å². The Kier molecular flexibility index (Phi) is 4.53. The number of anilines is 1. The van der Waals surface area contributed by atoms with Crippen LogP contribution in [0.3, 0.4) is 0 Å². The molecule has 3 aromatic rings. The zero-order valence-corrected chi connectivity index (χ0v) is 18.2. The van der Waals surface area contributed by atoms with Crippen LogP contribution in [0.2, 0.25) is 0 Å². The van der Waals surface area contributed by atoms with Gasteiger partial charge in [-0.25, -0.2) is 4.79 Å². The van der Waals surface area contributed by atoms with Crippen LogP contribution in [0.5, 0.6) is 0 Å². The van der Waals surface area contributed by atoms with E-state index in [4.69, 9.17) is 4.74 Å². The fourth-order valence-corrected chi connectivity index (χ4v) is 4.39. The topological polar surface area (TPSA) is 87.7 Å². The third-order valence-corrected chi connectivity index (χ3v) is 6.42. The number of aromatic nitrogens is 2. The van der Waals surface area contributed by atoms with Gasteiger partial charge in [0.2, 0.25) is 0 Å². The maximum Gasteiger partial charge on any atom is 0.414 e. The number of hydrogen-bond donors (Lipinski definition) is 1. The van der Waals surface area contributed by atoms with Crippen molar-refractivity contribution in [2.75, 3.05) is 24.6 Å². The van der Waals surface area contributed by atoms with E-state index >= 15 is 0 Å². The predicted octanol–water partition coefficient (Wildman–Crippen LogP) is 3.61. The number of benzene rings is 2. The molecule has 6 rings (SSSR count). The number of nitrogens with zero attached hydrogens (tertiary/aromatic N) is 4. The Labute approximate surface area is 190 Å². The molecule has 1 N–H and O–H groups in total. The number of nitrogens with one attached hydrogen (secondary N) is 1. The second-order valence-electron chi connectivity index (χ2n) is 8.77. The fourth-order valence-electron chi connectivity index (χ4n) is 4.39. The van der Waals surface area contributed by atoms with Gasteiger partial charge in [-0.3, -0.25) is 9.69 Å². The minimum Gasteiger partial charge on any atom is -0.443 e. The molecule has 1 saturated heterocycles. The highest BCUT2D eigenvalue weighted by Gasteiger charge is 2.32. The highest BCUT2D eigenvalue weighted by Crippen LogP contribution is 2.32. The zero-order chi connectivity index (χ0) is 22.5. The summed E-state index contributed by atoms with van der Waals surface area (Å²) in [4.78, 5) is 28.0. The summed E-state index contributed by atoms with van der Waals surface area (Å²) in [6.07, 6.45) is 5.50. The van der Waals surface area contributed by atoms with Crippen molar-refractivity contribution in [2.45, 2.75) is 25.8 Å². The molecule has 1 aliphatic carbocycles. The quantitative estimate of drug-likeness (QED) is 0.666. The molecule has 8 heteroatoms. The Balaban J connectivity index is 1.35. The molecule has 0 bridgehead atoms. The molecule has 8 nitrogen and oxygen atoms in total. The fraction of sp³-hybridized carbons (Fsp3) is 0.280. The van der Waals surface area contributed by atoms with E-state index in [2.05, 4.69) is 34.6 Å². The lowest BCUT2D eigenvalue weighted by atomic mass is 9.96. The van der Waals surface area contributed by atoms with Crippen molar-refractivity contribution in [1.29, 1.82) is 0 Å². The minimum atomic E-state index is -0.294. The van der Waals surface area contributed by atoms with Gasteiger partial charge in [0.1, 0.15) is 6.61 Å². The van der Waals surface area contributed by atoms with Gasteiger partial charge in [-0.15, -0.1) is 5.10 Å². The largest absolute Gasteiger partial charge is 0.443 e. The van der Waals surface area contributed by atoms with Crippen LogP contribution < -0.4 is 10.2 Å². The maximum atomic E-state index is 12.5. The number of hydrogen-bond acceptors (Lipinski definition) is 6. The molecule has 166 valence electrons. The molecule has 2 fully saturated rings. The molecule has 0 unspecified atom stereocenters. The van der Waals surface area contributed by atoms with E-state index in [9.17, 15) is 9.59 Å². The van der Waals surface area contributed by atoms with Gasteiger partial charge in [0.05, 0.1) is 11.9 Å². The van der Waals surface area contributed by atoms with Crippen LogP contribution in [-0.4, -0.2) is 52.8 Å². The number of carbonyl (C=O) groups excluding carboxylic acids is 2. The molecule has 33 heavy (non-hydrogen) atoms. The number of ether oxygens (including phenoxy) is 1. The summed E-state index contributed by atoms with van der Waals surface area (Å²) in [6, 6.07) is 12.4. The first kappa shape index (κ1) is 19.7. The summed E-state index contributed by atoms with van der Waals surface area (Å²) in [5.41, 5.74) is 4.66. The summed E-state index contributed by atoms with van der Waals surface area (Å²) < 4.78 is 5.13. The van der Waals surface area contributed by atoms with Crippen LogP contribution in [0.1, 0.15) is 28.8 Å². The molecule has 3 aliphatic rings. The monoisotopic (exact) mass is 441 g/mol. The van der Waals surface area contributed by atoms with E-state index in [1.807, 2.05) is 35.4 Å². The molecule has 3 heterocycles. The normalized spacial score (nSPS) is 17.6. The van der Waals surface area contributed by atoms with Crippen LogP contribution in [0, 0.1) is 6.92 Å². The SMILES string of the molecule is Cc1ccc(C(=O)NC2CC2)cc1-c1ccc2c(N3C=C4COC(=O)N4CC3)nncc2c1. The van der Waals surface area contributed by atoms with Gasteiger partial charge in [-0.1, -0.05) is 12.1 Å². The van der Waals surface area contributed by atoms with Crippen LogP contribution in [-0.2, 0) is 4.74 Å². The average Bonchev–Trinajstić information content (AvgIpc) is 3.58. The van der Waals surface area contributed by atoms with Gasteiger partial charge >= 0.3 is 6.09 Å².